The highest BCUT2D eigenvalue weighted by atomic mass is 15.3. The minimum absolute atomic E-state index is 0.275. The maximum Gasteiger partial charge on any atom is 0.142 e. The van der Waals surface area contributed by atoms with Crippen LogP contribution < -0.4 is 0 Å². The smallest absolute Gasteiger partial charge is 0.142 e. The van der Waals surface area contributed by atoms with Gasteiger partial charge in [0.25, 0.3) is 0 Å². The molecule has 5 heteroatoms. The standard InChI is InChI=1S/C19H25N5/c1-15(2)23-9-11-24(12-10-23)18(13-20)17-14-22(3)19(21-17)16-7-5-4-6-8-16/h4-8,14-15,18H,9-12H2,1-3H3. The molecule has 5 nitrogen and oxygen atoms in total. The summed E-state index contributed by atoms with van der Waals surface area (Å²) in [5, 5.41) is 9.72. The zero-order valence-corrected chi connectivity index (χ0v) is 14.7. The molecule has 0 saturated carbocycles. The summed E-state index contributed by atoms with van der Waals surface area (Å²) in [6, 6.07) is 12.9. The molecule has 2 heterocycles. The third-order valence-corrected chi connectivity index (χ3v) is 4.77. The van der Waals surface area contributed by atoms with E-state index in [9.17, 15) is 5.26 Å². The lowest BCUT2D eigenvalue weighted by Gasteiger charge is -2.38. The maximum absolute atomic E-state index is 9.72. The molecule has 1 aliphatic rings. The van der Waals surface area contributed by atoms with Crippen LogP contribution in [0.5, 0.6) is 0 Å². The van der Waals surface area contributed by atoms with Crippen LogP contribution in [0.15, 0.2) is 36.5 Å². The van der Waals surface area contributed by atoms with Crippen LogP contribution in [-0.2, 0) is 7.05 Å². The van der Waals surface area contributed by atoms with E-state index in [4.69, 9.17) is 4.98 Å². The number of benzene rings is 1. The Labute approximate surface area is 144 Å². The molecule has 3 rings (SSSR count). The average Bonchev–Trinajstić information content (AvgIpc) is 2.98. The van der Waals surface area contributed by atoms with Crippen LogP contribution >= 0.6 is 0 Å². The van der Waals surface area contributed by atoms with E-state index >= 15 is 0 Å². The molecule has 1 fully saturated rings. The molecule has 0 amide bonds. The second-order valence-electron chi connectivity index (χ2n) is 6.66. The Bertz CT molecular complexity index is 705. The van der Waals surface area contributed by atoms with Crippen molar-refractivity contribution in [2.75, 3.05) is 26.2 Å². The molecule has 0 aliphatic carbocycles. The molecule has 1 aromatic carbocycles. The van der Waals surface area contributed by atoms with Gasteiger partial charge in [-0.15, -0.1) is 0 Å². The van der Waals surface area contributed by atoms with E-state index in [0.717, 1.165) is 43.3 Å². The second-order valence-corrected chi connectivity index (χ2v) is 6.66. The minimum Gasteiger partial charge on any atom is -0.334 e. The summed E-state index contributed by atoms with van der Waals surface area (Å²) in [6.45, 7) is 8.29. The van der Waals surface area contributed by atoms with E-state index in [-0.39, 0.29) is 6.04 Å². The van der Waals surface area contributed by atoms with Crippen molar-refractivity contribution in [3.05, 3.63) is 42.2 Å². The zero-order valence-electron chi connectivity index (χ0n) is 14.7. The van der Waals surface area contributed by atoms with E-state index in [1.807, 2.05) is 36.0 Å². The summed E-state index contributed by atoms with van der Waals surface area (Å²) < 4.78 is 2.01. The lowest BCUT2D eigenvalue weighted by molar-refractivity contribution is 0.0922. The molecule has 1 aliphatic heterocycles. The summed E-state index contributed by atoms with van der Waals surface area (Å²) in [7, 11) is 1.99. The van der Waals surface area contributed by atoms with E-state index in [2.05, 4.69) is 41.8 Å². The van der Waals surface area contributed by atoms with Gasteiger partial charge in [0.2, 0.25) is 0 Å². The normalized spacial score (nSPS) is 17.8. The largest absolute Gasteiger partial charge is 0.334 e. The molecule has 2 aromatic rings. The van der Waals surface area contributed by atoms with Crippen LogP contribution in [0.4, 0.5) is 0 Å². The van der Waals surface area contributed by atoms with Crippen molar-refractivity contribution < 1.29 is 0 Å². The Morgan fingerprint density at radius 2 is 1.67 bits per heavy atom. The fourth-order valence-corrected chi connectivity index (χ4v) is 3.32. The second kappa shape index (κ2) is 7.16. The average molecular weight is 323 g/mol. The Kier molecular flexibility index (Phi) is 4.98. The summed E-state index contributed by atoms with van der Waals surface area (Å²) in [6.07, 6.45) is 1.99. The Hall–Kier alpha value is -2.16. The summed E-state index contributed by atoms with van der Waals surface area (Å²) in [5.74, 6) is 0.909. The van der Waals surface area contributed by atoms with E-state index < -0.39 is 0 Å². The summed E-state index contributed by atoms with van der Waals surface area (Å²) in [5.41, 5.74) is 1.92. The first-order valence-electron chi connectivity index (χ1n) is 8.56. The predicted octanol–water partition coefficient (Wildman–Crippen LogP) is 2.68. The molecule has 0 spiro atoms. The van der Waals surface area contributed by atoms with Gasteiger partial charge < -0.3 is 4.57 Å². The molecule has 1 aromatic heterocycles. The first-order valence-corrected chi connectivity index (χ1v) is 8.56. The monoisotopic (exact) mass is 323 g/mol. The lowest BCUT2D eigenvalue weighted by atomic mass is 10.1. The number of aryl methyl sites for hydroxylation is 1. The van der Waals surface area contributed by atoms with Crippen LogP contribution in [0.2, 0.25) is 0 Å². The van der Waals surface area contributed by atoms with Gasteiger partial charge in [-0.2, -0.15) is 5.26 Å². The van der Waals surface area contributed by atoms with Crippen molar-refractivity contribution in [2.24, 2.45) is 7.05 Å². The number of nitriles is 1. The highest BCUT2D eigenvalue weighted by molar-refractivity contribution is 5.55. The van der Waals surface area contributed by atoms with Crippen molar-refractivity contribution in [1.29, 1.82) is 5.26 Å². The quantitative estimate of drug-likeness (QED) is 0.868. The number of nitrogens with zero attached hydrogens (tertiary/aromatic N) is 5. The predicted molar refractivity (Wildman–Crippen MR) is 95.3 cm³/mol. The van der Waals surface area contributed by atoms with Crippen LogP contribution in [0.25, 0.3) is 11.4 Å². The first-order chi connectivity index (χ1) is 11.6. The molecule has 126 valence electrons. The number of aromatic nitrogens is 2. The van der Waals surface area contributed by atoms with Crippen molar-refractivity contribution in [3.63, 3.8) is 0 Å². The minimum atomic E-state index is -0.275. The third-order valence-electron chi connectivity index (χ3n) is 4.77. The fraction of sp³-hybridized carbons (Fsp3) is 0.474. The summed E-state index contributed by atoms with van der Waals surface area (Å²) >= 11 is 0. The van der Waals surface area contributed by atoms with Crippen LogP contribution in [-0.4, -0.2) is 51.6 Å². The van der Waals surface area contributed by atoms with Gasteiger partial charge in [-0.05, 0) is 13.8 Å². The number of rotatable bonds is 4. The molecule has 0 radical (unpaired) electrons. The zero-order chi connectivity index (χ0) is 17.1. The molecule has 1 unspecified atom stereocenters. The van der Waals surface area contributed by atoms with Gasteiger partial charge in [0.1, 0.15) is 11.9 Å². The van der Waals surface area contributed by atoms with Crippen LogP contribution in [0.3, 0.4) is 0 Å². The summed E-state index contributed by atoms with van der Waals surface area (Å²) in [4.78, 5) is 9.47. The number of hydrogen-bond donors (Lipinski definition) is 0. The Morgan fingerprint density at radius 3 is 2.25 bits per heavy atom. The molecule has 0 N–H and O–H groups in total. The topological polar surface area (TPSA) is 48.1 Å². The van der Waals surface area contributed by atoms with E-state index in [1.165, 1.54) is 0 Å². The molecule has 1 saturated heterocycles. The first kappa shape index (κ1) is 16.7. The fourth-order valence-electron chi connectivity index (χ4n) is 3.32. The highest BCUT2D eigenvalue weighted by Crippen LogP contribution is 2.25. The van der Waals surface area contributed by atoms with Crippen molar-refractivity contribution in [2.45, 2.75) is 25.9 Å². The van der Waals surface area contributed by atoms with Gasteiger partial charge in [0.05, 0.1) is 11.8 Å². The number of hydrogen-bond acceptors (Lipinski definition) is 4. The molecular weight excluding hydrogens is 298 g/mol. The lowest BCUT2D eigenvalue weighted by Crippen LogP contribution is -2.49. The molecular formula is C19H25N5. The Morgan fingerprint density at radius 1 is 1.04 bits per heavy atom. The molecule has 0 bridgehead atoms. The van der Waals surface area contributed by atoms with Crippen LogP contribution in [0.1, 0.15) is 25.6 Å². The molecule has 1 atom stereocenters. The van der Waals surface area contributed by atoms with E-state index in [0.29, 0.717) is 6.04 Å². The third kappa shape index (κ3) is 3.35. The van der Waals surface area contributed by atoms with Gasteiger partial charge in [-0.1, -0.05) is 30.3 Å². The Balaban J connectivity index is 1.79. The SMILES string of the molecule is CC(C)N1CCN(C(C#N)c2cn(C)c(-c3ccccc3)n2)CC1. The van der Waals surface area contributed by atoms with Crippen molar-refractivity contribution in [3.8, 4) is 17.5 Å². The number of imidazole rings is 1. The molecule has 24 heavy (non-hydrogen) atoms. The van der Waals surface area contributed by atoms with Crippen LogP contribution in [0, 0.1) is 11.3 Å². The van der Waals surface area contributed by atoms with Gasteiger partial charge >= 0.3 is 0 Å². The van der Waals surface area contributed by atoms with Gasteiger partial charge in [0.15, 0.2) is 0 Å². The van der Waals surface area contributed by atoms with E-state index in [1.54, 1.807) is 0 Å². The maximum atomic E-state index is 9.72. The van der Waals surface area contributed by atoms with Gasteiger partial charge in [-0.3, -0.25) is 9.80 Å². The number of piperazine rings is 1. The van der Waals surface area contributed by atoms with Crippen molar-refractivity contribution in [1.82, 2.24) is 19.4 Å². The highest BCUT2D eigenvalue weighted by Gasteiger charge is 2.28. The van der Waals surface area contributed by atoms with Gasteiger partial charge in [-0.25, -0.2) is 4.98 Å². The van der Waals surface area contributed by atoms with Crippen molar-refractivity contribution >= 4 is 0 Å². The van der Waals surface area contributed by atoms with Gasteiger partial charge in [0, 0.05) is 51.0 Å².